The van der Waals surface area contributed by atoms with Crippen LogP contribution in [-0.2, 0) is 9.84 Å². The van der Waals surface area contributed by atoms with Crippen LogP contribution in [0.2, 0.25) is 0 Å². The number of methoxy groups -OCH3 is 1. The van der Waals surface area contributed by atoms with Gasteiger partial charge in [0.05, 0.1) is 22.2 Å². The minimum Gasteiger partial charge on any atom is -0.497 e. The molecule has 0 atom stereocenters. The van der Waals surface area contributed by atoms with Crippen molar-refractivity contribution in [3.05, 3.63) is 48.0 Å². The van der Waals surface area contributed by atoms with Gasteiger partial charge in [-0.2, -0.15) is 8.78 Å². The van der Waals surface area contributed by atoms with E-state index in [1.165, 1.54) is 23.5 Å². The molecule has 1 amide bonds. The molecular formula is C16H12F2N2O4S2. The molecule has 0 bridgehead atoms. The van der Waals surface area contributed by atoms with Gasteiger partial charge >= 0.3 is 5.76 Å². The molecule has 0 fully saturated rings. The monoisotopic (exact) mass is 398 g/mol. The Kier molecular flexibility index (Phi) is 4.88. The zero-order chi connectivity index (χ0) is 18.9. The molecule has 1 aromatic heterocycles. The van der Waals surface area contributed by atoms with Crippen LogP contribution in [0.5, 0.6) is 5.75 Å². The van der Waals surface area contributed by atoms with E-state index in [2.05, 4.69) is 10.3 Å². The number of fused-ring (bicyclic) bond motifs is 1. The number of aromatic nitrogens is 1. The summed E-state index contributed by atoms with van der Waals surface area (Å²) in [6, 6.07) is 9.56. The summed E-state index contributed by atoms with van der Waals surface area (Å²) in [5.74, 6) is -3.38. The van der Waals surface area contributed by atoms with Gasteiger partial charge in [0.2, 0.25) is 9.84 Å². The molecule has 0 radical (unpaired) electrons. The van der Waals surface area contributed by atoms with Crippen LogP contribution in [-0.4, -0.2) is 32.2 Å². The third kappa shape index (κ3) is 3.51. The molecule has 3 aromatic rings. The van der Waals surface area contributed by atoms with E-state index >= 15 is 0 Å². The number of alkyl halides is 2. The molecule has 3 rings (SSSR count). The molecule has 1 heterocycles. The third-order valence-electron chi connectivity index (χ3n) is 3.50. The number of benzene rings is 2. The number of ether oxygens (including phenoxy) is 1. The molecule has 26 heavy (non-hydrogen) atoms. The van der Waals surface area contributed by atoms with Gasteiger partial charge in [0.15, 0.2) is 5.13 Å². The molecule has 1 N–H and O–H groups in total. The van der Waals surface area contributed by atoms with Crippen molar-refractivity contribution in [1.29, 1.82) is 0 Å². The van der Waals surface area contributed by atoms with E-state index in [0.717, 1.165) is 16.8 Å². The first-order valence-corrected chi connectivity index (χ1v) is 9.55. The summed E-state index contributed by atoms with van der Waals surface area (Å²) in [6.45, 7) is 0. The highest BCUT2D eigenvalue weighted by Crippen LogP contribution is 2.29. The maximum absolute atomic E-state index is 12.5. The zero-order valence-electron chi connectivity index (χ0n) is 13.3. The second-order valence-electron chi connectivity index (χ2n) is 5.14. The van der Waals surface area contributed by atoms with Gasteiger partial charge in [0, 0.05) is 5.56 Å². The highest BCUT2D eigenvalue weighted by Gasteiger charge is 2.26. The van der Waals surface area contributed by atoms with Crippen LogP contribution in [0, 0.1) is 0 Å². The van der Waals surface area contributed by atoms with Crippen LogP contribution >= 0.6 is 11.3 Å². The Bertz CT molecular complexity index is 1060. The van der Waals surface area contributed by atoms with E-state index < -0.39 is 26.4 Å². The molecule has 0 unspecified atom stereocenters. The van der Waals surface area contributed by atoms with Crippen LogP contribution < -0.4 is 10.1 Å². The highest BCUT2D eigenvalue weighted by atomic mass is 32.2. The van der Waals surface area contributed by atoms with Gasteiger partial charge in [-0.1, -0.05) is 11.3 Å². The SMILES string of the molecule is COc1ccc2nc(NC(=O)c3ccc(S(=O)(=O)C(F)F)cc3)sc2c1. The predicted molar refractivity (Wildman–Crippen MR) is 93.8 cm³/mol. The topological polar surface area (TPSA) is 85.4 Å². The molecule has 10 heteroatoms. The summed E-state index contributed by atoms with van der Waals surface area (Å²) in [5, 5.41) is 2.95. The van der Waals surface area contributed by atoms with Gasteiger partial charge in [-0.25, -0.2) is 13.4 Å². The molecule has 6 nitrogen and oxygen atoms in total. The van der Waals surface area contributed by atoms with Crippen molar-refractivity contribution < 1.29 is 26.7 Å². The second-order valence-corrected chi connectivity index (χ2v) is 8.09. The second kappa shape index (κ2) is 6.96. The molecule has 0 saturated heterocycles. The summed E-state index contributed by atoms with van der Waals surface area (Å²) < 4.78 is 53.8. The van der Waals surface area contributed by atoms with Crippen molar-refractivity contribution in [2.24, 2.45) is 0 Å². The lowest BCUT2D eigenvalue weighted by molar-refractivity contribution is 0.102. The molecule has 0 saturated carbocycles. The first-order chi connectivity index (χ1) is 12.3. The number of carbonyl (C=O) groups is 1. The van der Waals surface area contributed by atoms with Crippen molar-refractivity contribution in [2.45, 2.75) is 10.7 Å². The molecule has 0 aliphatic heterocycles. The maximum atomic E-state index is 12.5. The Hall–Kier alpha value is -2.59. The largest absolute Gasteiger partial charge is 0.497 e. The van der Waals surface area contributed by atoms with Crippen molar-refractivity contribution in [3.8, 4) is 5.75 Å². The number of carbonyl (C=O) groups excluding carboxylic acids is 1. The number of hydrogen-bond donors (Lipinski definition) is 1. The number of nitrogens with one attached hydrogen (secondary N) is 1. The lowest BCUT2D eigenvalue weighted by atomic mass is 10.2. The number of halogens is 2. The fourth-order valence-corrected chi connectivity index (χ4v) is 3.76. The van der Waals surface area contributed by atoms with E-state index in [9.17, 15) is 22.0 Å². The van der Waals surface area contributed by atoms with Crippen molar-refractivity contribution >= 4 is 42.4 Å². The molecule has 0 aliphatic carbocycles. The Labute approximate surface area is 151 Å². The third-order valence-corrected chi connectivity index (χ3v) is 5.83. The number of amides is 1. The fraction of sp³-hybridized carbons (Fsp3) is 0.125. The van der Waals surface area contributed by atoms with Gasteiger partial charge in [0.1, 0.15) is 5.75 Å². The van der Waals surface area contributed by atoms with E-state index in [0.29, 0.717) is 16.4 Å². The number of anilines is 1. The lowest BCUT2D eigenvalue weighted by Gasteiger charge is -2.05. The molecule has 136 valence electrons. The quantitative estimate of drug-likeness (QED) is 0.710. The zero-order valence-corrected chi connectivity index (χ0v) is 14.9. The predicted octanol–water partition coefficient (Wildman–Crippen LogP) is 3.55. The number of rotatable bonds is 5. The first kappa shape index (κ1) is 18.2. The molecule has 2 aromatic carbocycles. The first-order valence-electron chi connectivity index (χ1n) is 7.19. The number of sulfone groups is 1. The van der Waals surface area contributed by atoms with Crippen LogP contribution in [0.15, 0.2) is 47.4 Å². The van der Waals surface area contributed by atoms with E-state index in [1.807, 2.05) is 0 Å². The van der Waals surface area contributed by atoms with Crippen LogP contribution in [0.1, 0.15) is 10.4 Å². The van der Waals surface area contributed by atoms with Crippen LogP contribution in [0.4, 0.5) is 13.9 Å². The molecule has 0 spiro atoms. The maximum Gasteiger partial charge on any atom is 0.341 e. The summed E-state index contributed by atoms with van der Waals surface area (Å²) in [5.41, 5.74) is 0.805. The van der Waals surface area contributed by atoms with Crippen molar-refractivity contribution in [1.82, 2.24) is 4.98 Å². The smallest absolute Gasteiger partial charge is 0.341 e. The Morgan fingerprint density at radius 2 is 1.88 bits per heavy atom. The van der Waals surface area contributed by atoms with Crippen molar-refractivity contribution in [3.63, 3.8) is 0 Å². The fourth-order valence-electron chi connectivity index (χ4n) is 2.15. The lowest BCUT2D eigenvalue weighted by Crippen LogP contribution is -2.14. The Balaban J connectivity index is 1.80. The Morgan fingerprint density at radius 3 is 2.50 bits per heavy atom. The van der Waals surface area contributed by atoms with E-state index in [1.54, 1.807) is 25.3 Å². The van der Waals surface area contributed by atoms with E-state index in [-0.39, 0.29) is 5.56 Å². The molecule has 0 aliphatic rings. The van der Waals surface area contributed by atoms with Gasteiger partial charge in [-0.15, -0.1) is 0 Å². The minimum atomic E-state index is -4.69. The van der Waals surface area contributed by atoms with Crippen LogP contribution in [0.3, 0.4) is 0 Å². The van der Waals surface area contributed by atoms with Gasteiger partial charge < -0.3 is 4.74 Å². The normalized spacial score (nSPS) is 11.7. The summed E-state index contributed by atoms with van der Waals surface area (Å²) >= 11 is 1.24. The Morgan fingerprint density at radius 1 is 1.19 bits per heavy atom. The highest BCUT2D eigenvalue weighted by molar-refractivity contribution is 7.91. The standard InChI is InChI=1S/C16H12F2N2O4S2/c1-24-10-4-7-12-13(8-10)25-16(19-12)20-14(21)9-2-5-11(6-3-9)26(22,23)15(17)18/h2-8,15H,1H3,(H,19,20,21). The van der Waals surface area contributed by atoms with E-state index in [4.69, 9.17) is 4.74 Å². The van der Waals surface area contributed by atoms with Gasteiger partial charge in [-0.05, 0) is 42.5 Å². The van der Waals surface area contributed by atoms with Gasteiger partial charge in [0.25, 0.3) is 5.91 Å². The summed E-state index contributed by atoms with van der Waals surface area (Å²) in [4.78, 5) is 16.0. The van der Waals surface area contributed by atoms with Crippen LogP contribution in [0.25, 0.3) is 10.2 Å². The summed E-state index contributed by atoms with van der Waals surface area (Å²) in [7, 11) is -3.14. The average Bonchev–Trinajstić information content (AvgIpc) is 3.02. The molecular weight excluding hydrogens is 386 g/mol. The number of hydrogen-bond acceptors (Lipinski definition) is 6. The summed E-state index contributed by atoms with van der Waals surface area (Å²) in [6.07, 6.45) is 0. The van der Waals surface area contributed by atoms with Gasteiger partial charge in [-0.3, -0.25) is 10.1 Å². The van der Waals surface area contributed by atoms with Crippen molar-refractivity contribution in [2.75, 3.05) is 12.4 Å². The number of nitrogens with zero attached hydrogens (tertiary/aromatic N) is 1. The average molecular weight is 398 g/mol. The number of thiazole rings is 1. The minimum absolute atomic E-state index is 0.120.